The van der Waals surface area contributed by atoms with E-state index in [9.17, 15) is 15.3 Å². The number of imidazole rings is 1. The van der Waals surface area contributed by atoms with E-state index in [1.807, 2.05) is 37.3 Å². The summed E-state index contributed by atoms with van der Waals surface area (Å²) in [4.78, 5) is 18.2. The van der Waals surface area contributed by atoms with Crippen LogP contribution in [0.3, 0.4) is 0 Å². The minimum Gasteiger partial charge on any atom is -0.371 e. The molecule has 1 heterocycles. The van der Waals surface area contributed by atoms with Gasteiger partial charge in [-0.2, -0.15) is 15.5 Å². The van der Waals surface area contributed by atoms with Gasteiger partial charge in [0.15, 0.2) is 11.4 Å². The van der Waals surface area contributed by atoms with Crippen molar-refractivity contribution in [3.8, 4) is 12.1 Å². The van der Waals surface area contributed by atoms with Crippen LogP contribution in [0.4, 0.5) is 23.0 Å². The van der Waals surface area contributed by atoms with E-state index in [0.717, 1.165) is 44.5 Å². The number of nitriles is 2. The smallest absolute Gasteiger partial charge is 0.251 e. The lowest BCUT2D eigenvalue weighted by atomic mass is 10.2. The van der Waals surface area contributed by atoms with Crippen LogP contribution in [0.2, 0.25) is 0 Å². The molecule has 0 saturated carbocycles. The van der Waals surface area contributed by atoms with Gasteiger partial charge in [-0.3, -0.25) is 9.36 Å². The molecule has 0 aliphatic rings. The maximum Gasteiger partial charge on any atom is 0.251 e. The Hall–Kier alpha value is -3.72. The van der Waals surface area contributed by atoms with Crippen LogP contribution < -0.4 is 10.2 Å². The number of azo groups is 1. The van der Waals surface area contributed by atoms with Crippen molar-refractivity contribution in [2.75, 3.05) is 23.3 Å². The molecular formula is C23H30N8O. The second-order valence-corrected chi connectivity index (χ2v) is 7.35. The third-order valence-corrected chi connectivity index (χ3v) is 4.94. The molecule has 32 heavy (non-hydrogen) atoms. The molecular weight excluding hydrogens is 404 g/mol. The molecule has 9 nitrogen and oxygen atoms in total. The van der Waals surface area contributed by atoms with E-state index in [2.05, 4.69) is 39.3 Å². The highest BCUT2D eigenvalue weighted by molar-refractivity contribution is 5.93. The van der Waals surface area contributed by atoms with E-state index < -0.39 is 0 Å². The normalized spacial score (nSPS) is 10.7. The average molecular weight is 435 g/mol. The van der Waals surface area contributed by atoms with Crippen molar-refractivity contribution < 1.29 is 4.79 Å². The largest absolute Gasteiger partial charge is 0.371 e. The van der Waals surface area contributed by atoms with Crippen LogP contribution in [0.15, 0.2) is 28.4 Å². The van der Waals surface area contributed by atoms with Crippen LogP contribution in [0, 0.1) is 22.7 Å². The second kappa shape index (κ2) is 12.2. The quantitative estimate of drug-likeness (QED) is 0.473. The van der Waals surface area contributed by atoms with E-state index in [0.29, 0.717) is 17.9 Å². The summed E-state index contributed by atoms with van der Waals surface area (Å²) in [6.07, 6.45) is 4.38. The van der Waals surface area contributed by atoms with Crippen molar-refractivity contribution in [1.82, 2.24) is 9.55 Å². The molecule has 0 atom stereocenters. The molecule has 0 unspecified atom stereocenters. The van der Waals surface area contributed by atoms with Gasteiger partial charge in [-0.15, -0.1) is 10.2 Å². The van der Waals surface area contributed by atoms with Crippen molar-refractivity contribution >= 4 is 28.9 Å². The van der Waals surface area contributed by atoms with Crippen LogP contribution in [0.25, 0.3) is 0 Å². The SMILES string of the molecule is CCCCN(CCCC)c1ccc(N=Nc2nc(C#N)c(C#N)n2CC)c(NC(C)=O)c1. The zero-order chi connectivity index (χ0) is 23.5. The van der Waals surface area contributed by atoms with Gasteiger partial charge in [0, 0.05) is 32.2 Å². The van der Waals surface area contributed by atoms with Crippen molar-refractivity contribution in [2.24, 2.45) is 10.2 Å². The van der Waals surface area contributed by atoms with Gasteiger partial charge in [-0.05, 0) is 38.0 Å². The number of carbonyl (C=O) groups is 1. The van der Waals surface area contributed by atoms with Crippen molar-refractivity contribution in [3.63, 3.8) is 0 Å². The number of hydrogen-bond acceptors (Lipinski definition) is 7. The fourth-order valence-electron chi connectivity index (χ4n) is 3.27. The summed E-state index contributed by atoms with van der Waals surface area (Å²) < 4.78 is 1.53. The van der Waals surface area contributed by atoms with Gasteiger partial charge in [0.05, 0.1) is 5.69 Å². The summed E-state index contributed by atoms with van der Waals surface area (Å²) >= 11 is 0. The molecule has 1 amide bonds. The fraction of sp³-hybridized carbons (Fsp3) is 0.478. The first-order chi connectivity index (χ1) is 15.5. The van der Waals surface area contributed by atoms with Crippen LogP contribution in [0.1, 0.15) is 64.8 Å². The maximum absolute atomic E-state index is 11.8. The molecule has 0 saturated heterocycles. The summed E-state index contributed by atoms with van der Waals surface area (Å²) in [5, 5.41) is 29.8. The molecule has 0 bridgehead atoms. The molecule has 9 heteroatoms. The van der Waals surface area contributed by atoms with Crippen LogP contribution in [-0.2, 0) is 11.3 Å². The predicted molar refractivity (Wildman–Crippen MR) is 124 cm³/mol. The van der Waals surface area contributed by atoms with Gasteiger partial charge < -0.3 is 10.2 Å². The highest BCUT2D eigenvalue weighted by Crippen LogP contribution is 2.32. The van der Waals surface area contributed by atoms with Gasteiger partial charge in [-0.1, -0.05) is 26.7 Å². The molecule has 2 aromatic rings. The summed E-state index contributed by atoms with van der Waals surface area (Å²) in [6.45, 7) is 9.92. The third-order valence-electron chi connectivity index (χ3n) is 4.94. The topological polar surface area (TPSA) is 122 Å². The minimum atomic E-state index is -0.208. The summed E-state index contributed by atoms with van der Waals surface area (Å²) in [7, 11) is 0. The van der Waals surface area contributed by atoms with Crippen molar-refractivity contribution in [3.05, 3.63) is 29.6 Å². The van der Waals surface area contributed by atoms with E-state index in [1.165, 1.54) is 11.5 Å². The van der Waals surface area contributed by atoms with Gasteiger partial charge in [0.25, 0.3) is 5.95 Å². The highest BCUT2D eigenvalue weighted by atomic mass is 16.1. The van der Waals surface area contributed by atoms with Crippen molar-refractivity contribution in [2.45, 2.75) is 59.9 Å². The van der Waals surface area contributed by atoms with Crippen LogP contribution >= 0.6 is 0 Å². The number of rotatable bonds is 11. The number of benzene rings is 1. The van der Waals surface area contributed by atoms with Gasteiger partial charge in [0.2, 0.25) is 5.91 Å². The Morgan fingerprint density at radius 1 is 1.12 bits per heavy atom. The molecule has 168 valence electrons. The number of hydrogen-bond donors (Lipinski definition) is 1. The molecule has 0 aliphatic carbocycles. The Labute approximate surface area is 189 Å². The molecule has 2 rings (SSSR count). The first-order valence-corrected chi connectivity index (χ1v) is 11.0. The third kappa shape index (κ3) is 6.14. The van der Waals surface area contributed by atoms with E-state index in [4.69, 9.17) is 0 Å². The standard InChI is InChI=1S/C23H30N8O/c1-5-8-12-30(13-9-6-2)18-10-11-19(20(14-18)26-17(4)32)28-29-23-27-21(15-24)22(16-25)31(23)7-3/h10-11,14H,5-9,12-13H2,1-4H3,(H,26,32). The average Bonchev–Trinajstić information content (AvgIpc) is 3.14. The fourth-order valence-corrected chi connectivity index (χ4v) is 3.27. The van der Waals surface area contributed by atoms with E-state index in [-0.39, 0.29) is 23.2 Å². The van der Waals surface area contributed by atoms with Crippen molar-refractivity contribution in [1.29, 1.82) is 10.5 Å². The highest BCUT2D eigenvalue weighted by Gasteiger charge is 2.16. The molecule has 0 aliphatic heterocycles. The van der Waals surface area contributed by atoms with Gasteiger partial charge >= 0.3 is 0 Å². The minimum absolute atomic E-state index is 0.0169. The van der Waals surface area contributed by atoms with E-state index >= 15 is 0 Å². The molecule has 0 spiro atoms. The zero-order valence-corrected chi connectivity index (χ0v) is 19.2. The number of amides is 1. The molecule has 0 fully saturated rings. The monoisotopic (exact) mass is 434 g/mol. The first kappa shape index (κ1) is 24.5. The zero-order valence-electron chi connectivity index (χ0n) is 19.2. The summed E-state index contributed by atoms with van der Waals surface area (Å²) in [5.41, 5.74) is 2.21. The Balaban J connectivity index is 2.44. The lowest BCUT2D eigenvalue weighted by Gasteiger charge is -2.25. The number of nitrogens with zero attached hydrogens (tertiary/aromatic N) is 7. The lowest BCUT2D eigenvalue weighted by Crippen LogP contribution is -2.25. The molecule has 1 N–H and O–H groups in total. The molecule has 1 aromatic heterocycles. The van der Waals surface area contributed by atoms with Crippen LogP contribution in [-0.4, -0.2) is 28.5 Å². The Morgan fingerprint density at radius 2 is 1.81 bits per heavy atom. The molecule has 1 aromatic carbocycles. The van der Waals surface area contributed by atoms with E-state index in [1.54, 1.807) is 0 Å². The first-order valence-electron chi connectivity index (χ1n) is 11.0. The Bertz CT molecular complexity index is 1030. The number of carbonyl (C=O) groups excluding carboxylic acids is 1. The number of aromatic nitrogens is 2. The van der Waals surface area contributed by atoms with Gasteiger partial charge in [0.1, 0.15) is 17.8 Å². The summed E-state index contributed by atoms with van der Waals surface area (Å²) in [5.74, 6) is -0.0353. The van der Waals surface area contributed by atoms with Crippen LogP contribution in [0.5, 0.6) is 0 Å². The molecule has 0 radical (unpaired) electrons. The Morgan fingerprint density at radius 3 is 2.34 bits per heavy atom. The number of nitrogens with one attached hydrogen (secondary N) is 1. The number of unbranched alkanes of at least 4 members (excludes halogenated alkanes) is 2. The predicted octanol–water partition coefficient (Wildman–Crippen LogP) is 5.43. The lowest BCUT2D eigenvalue weighted by molar-refractivity contribution is -0.114. The Kier molecular flexibility index (Phi) is 9.37. The number of anilines is 2. The maximum atomic E-state index is 11.8. The van der Waals surface area contributed by atoms with Gasteiger partial charge in [-0.25, -0.2) is 0 Å². The second-order valence-electron chi connectivity index (χ2n) is 7.35. The summed E-state index contributed by atoms with van der Waals surface area (Å²) in [6, 6.07) is 9.59.